The molecule has 0 saturated heterocycles. The molecule has 1 aliphatic heterocycles. The summed E-state index contributed by atoms with van der Waals surface area (Å²) < 4.78 is 5.50. The van der Waals surface area contributed by atoms with Gasteiger partial charge in [0.15, 0.2) is 11.5 Å². The molecule has 26 heavy (non-hydrogen) atoms. The summed E-state index contributed by atoms with van der Waals surface area (Å²) in [4.78, 5) is 15.0. The predicted octanol–water partition coefficient (Wildman–Crippen LogP) is 4.81. The lowest BCUT2D eigenvalue weighted by atomic mass is 10.0. The smallest absolute Gasteiger partial charge is 0.258 e. The maximum Gasteiger partial charge on any atom is 0.258 e. The van der Waals surface area contributed by atoms with Gasteiger partial charge in [0, 0.05) is 17.3 Å². The molecule has 0 fully saturated rings. The fraction of sp³-hybridized carbons (Fsp3) is 0.350. The molecule has 0 spiro atoms. The van der Waals surface area contributed by atoms with E-state index in [1.807, 2.05) is 49.9 Å². The Morgan fingerprint density at radius 1 is 1.31 bits per heavy atom. The molecule has 138 valence electrons. The van der Waals surface area contributed by atoms with Crippen LogP contribution < -0.4 is 10.1 Å². The van der Waals surface area contributed by atoms with Gasteiger partial charge in [-0.2, -0.15) is 0 Å². The molecular weight excluding hydrogens is 352 g/mol. The topological polar surface area (TPSA) is 61.8 Å². The SMILES string of the molecule is CCOc1cc([C@@H]2Nc3ccccc3C(=O)N2[C@@H](C)CC)cc(Cl)c1O. The number of halogens is 1. The molecule has 2 aromatic rings. The Morgan fingerprint density at radius 3 is 2.73 bits per heavy atom. The van der Waals surface area contributed by atoms with E-state index >= 15 is 0 Å². The second kappa shape index (κ2) is 7.46. The first-order valence-electron chi connectivity index (χ1n) is 8.81. The number of benzene rings is 2. The fourth-order valence-corrected chi connectivity index (χ4v) is 3.40. The Hall–Kier alpha value is -2.40. The van der Waals surface area contributed by atoms with E-state index in [1.165, 1.54) is 0 Å². The number of carbonyl (C=O) groups excluding carboxylic acids is 1. The third kappa shape index (κ3) is 3.19. The Kier molecular flexibility index (Phi) is 5.28. The number of phenolic OH excluding ortho intramolecular Hbond substituents is 1. The van der Waals surface area contributed by atoms with Crippen LogP contribution in [0.4, 0.5) is 5.69 Å². The molecular formula is C20H23ClN2O3. The lowest BCUT2D eigenvalue weighted by Crippen LogP contribution is -2.47. The third-order valence-corrected chi connectivity index (χ3v) is 4.98. The molecule has 3 rings (SSSR count). The zero-order valence-corrected chi connectivity index (χ0v) is 15.9. The first-order valence-corrected chi connectivity index (χ1v) is 9.19. The average Bonchev–Trinajstić information content (AvgIpc) is 2.64. The number of rotatable bonds is 5. The second-order valence-electron chi connectivity index (χ2n) is 6.34. The number of aromatic hydroxyl groups is 1. The van der Waals surface area contributed by atoms with Crippen LogP contribution in [0.1, 0.15) is 49.3 Å². The van der Waals surface area contributed by atoms with Gasteiger partial charge in [0.1, 0.15) is 6.17 Å². The molecule has 5 nitrogen and oxygen atoms in total. The number of hydrogen-bond acceptors (Lipinski definition) is 4. The summed E-state index contributed by atoms with van der Waals surface area (Å²) in [6, 6.07) is 10.9. The summed E-state index contributed by atoms with van der Waals surface area (Å²) in [6.07, 6.45) is 0.417. The zero-order valence-electron chi connectivity index (χ0n) is 15.1. The van der Waals surface area contributed by atoms with Crippen molar-refractivity contribution in [1.82, 2.24) is 4.90 Å². The maximum atomic E-state index is 13.1. The Labute approximate surface area is 158 Å². The van der Waals surface area contributed by atoms with E-state index in [1.54, 1.807) is 12.1 Å². The summed E-state index contributed by atoms with van der Waals surface area (Å²) in [5.74, 6) is 0.197. The number of anilines is 1. The first-order chi connectivity index (χ1) is 12.5. The van der Waals surface area contributed by atoms with Crippen LogP contribution in [-0.2, 0) is 0 Å². The number of para-hydroxylation sites is 1. The number of ether oxygens (including phenoxy) is 1. The number of nitrogens with zero attached hydrogens (tertiary/aromatic N) is 1. The Morgan fingerprint density at radius 2 is 2.04 bits per heavy atom. The molecule has 0 aliphatic carbocycles. The molecule has 2 atom stereocenters. The van der Waals surface area contributed by atoms with Gasteiger partial charge in [-0.25, -0.2) is 0 Å². The van der Waals surface area contributed by atoms with Crippen molar-refractivity contribution in [1.29, 1.82) is 0 Å². The predicted molar refractivity (Wildman–Crippen MR) is 103 cm³/mol. The molecule has 0 saturated carbocycles. The van der Waals surface area contributed by atoms with E-state index < -0.39 is 6.17 Å². The molecule has 1 amide bonds. The van der Waals surface area contributed by atoms with Gasteiger partial charge in [0.2, 0.25) is 0 Å². The highest BCUT2D eigenvalue weighted by Gasteiger charge is 2.35. The van der Waals surface area contributed by atoms with E-state index in [-0.39, 0.29) is 22.7 Å². The highest BCUT2D eigenvalue weighted by molar-refractivity contribution is 6.32. The number of carbonyl (C=O) groups is 1. The van der Waals surface area contributed by atoms with Crippen LogP contribution in [-0.4, -0.2) is 28.6 Å². The second-order valence-corrected chi connectivity index (χ2v) is 6.75. The summed E-state index contributed by atoms with van der Waals surface area (Å²) in [5.41, 5.74) is 2.20. The maximum absolute atomic E-state index is 13.1. The summed E-state index contributed by atoms with van der Waals surface area (Å²) >= 11 is 6.21. The average molecular weight is 375 g/mol. The molecule has 6 heteroatoms. The van der Waals surface area contributed by atoms with E-state index in [9.17, 15) is 9.90 Å². The van der Waals surface area contributed by atoms with Crippen molar-refractivity contribution in [2.75, 3.05) is 11.9 Å². The van der Waals surface area contributed by atoms with E-state index in [4.69, 9.17) is 16.3 Å². The molecule has 2 aromatic carbocycles. The van der Waals surface area contributed by atoms with E-state index in [2.05, 4.69) is 5.32 Å². The highest BCUT2D eigenvalue weighted by Crippen LogP contribution is 2.41. The van der Waals surface area contributed by atoms with E-state index in [0.29, 0.717) is 17.9 Å². The van der Waals surface area contributed by atoms with Crippen LogP contribution in [0, 0.1) is 0 Å². The van der Waals surface area contributed by atoms with Crippen molar-refractivity contribution >= 4 is 23.2 Å². The van der Waals surface area contributed by atoms with Crippen molar-refractivity contribution in [3.8, 4) is 11.5 Å². The van der Waals surface area contributed by atoms with Crippen LogP contribution in [0.2, 0.25) is 5.02 Å². The number of hydrogen-bond donors (Lipinski definition) is 2. The van der Waals surface area contributed by atoms with Gasteiger partial charge in [-0.3, -0.25) is 4.79 Å². The van der Waals surface area contributed by atoms with E-state index in [0.717, 1.165) is 17.7 Å². The summed E-state index contributed by atoms with van der Waals surface area (Å²) in [6.45, 7) is 6.31. The monoisotopic (exact) mass is 374 g/mol. The molecule has 0 radical (unpaired) electrons. The van der Waals surface area contributed by atoms with Crippen molar-refractivity contribution < 1.29 is 14.6 Å². The fourth-order valence-electron chi connectivity index (χ4n) is 3.18. The van der Waals surface area contributed by atoms with Gasteiger partial charge in [-0.15, -0.1) is 0 Å². The van der Waals surface area contributed by atoms with Crippen LogP contribution in [0.3, 0.4) is 0 Å². The largest absolute Gasteiger partial charge is 0.503 e. The van der Waals surface area contributed by atoms with Crippen molar-refractivity contribution in [3.05, 3.63) is 52.5 Å². The molecule has 1 heterocycles. The highest BCUT2D eigenvalue weighted by atomic mass is 35.5. The molecule has 0 bridgehead atoms. The third-order valence-electron chi connectivity index (χ3n) is 4.69. The minimum Gasteiger partial charge on any atom is -0.503 e. The zero-order chi connectivity index (χ0) is 18.8. The van der Waals surface area contributed by atoms with Gasteiger partial charge in [0.25, 0.3) is 5.91 Å². The van der Waals surface area contributed by atoms with Gasteiger partial charge >= 0.3 is 0 Å². The van der Waals surface area contributed by atoms with Gasteiger partial charge in [-0.1, -0.05) is 30.7 Å². The van der Waals surface area contributed by atoms with Crippen LogP contribution >= 0.6 is 11.6 Å². The lowest BCUT2D eigenvalue weighted by Gasteiger charge is -2.41. The summed E-state index contributed by atoms with van der Waals surface area (Å²) in [5, 5.41) is 13.8. The van der Waals surface area contributed by atoms with Crippen molar-refractivity contribution in [3.63, 3.8) is 0 Å². The number of amides is 1. The minimum atomic E-state index is -0.398. The normalized spacial score (nSPS) is 17.5. The number of fused-ring (bicyclic) bond motifs is 1. The van der Waals surface area contributed by atoms with Crippen LogP contribution in [0.25, 0.3) is 0 Å². The molecule has 0 unspecified atom stereocenters. The number of nitrogens with one attached hydrogen (secondary N) is 1. The van der Waals surface area contributed by atoms with Crippen molar-refractivity contribution in [2.45, 2.75) is 39.4 Å². The van der Waals surface area contributed by atoms with Gasteiger partial charge < -0.3 is 20.1 Å². The Balaban J connectivity index is 2.11. The molecule has 1 aliphatic rings. The molecule has 0 aromatic heterocycles. The first kappa shape index (κ1) is 18.4. The van der Waals surface area contributed by atoms with Gasteiger partial charge in [0.05, 0.1) is 17.2 Å². The van der Waals surface area contributed by atoms with Gasteiger partial charge in [-0.05, 0) is 44.5 Å². The standard InChI is InChI=1S/C20H23ClN2O3/c1-4-12(3)23-19(22-16-9-7-6-8-14(16)20(23)25)13-10-15(21)18(24)17(11-13)26-5-2/h6-12,19,22,24H,4-5H2,1-3H3/t12-,19+/m0/s1. The summed E-state index contributed by atoms with van der Waals surface area (Å²) in [7, 11) is 0. The minimum absolute atomic E-state index is 0.0245. The van der Waals surface area contributed by atoms with Crippen LogP contribution in [0.5, 0.6) is 11.5 Å². The Bertz CT molecular complexity index is 825. The van der Waals surface area contributed by atoms with Crippen LogP contribution in [0.15, 0.2) is 36.4 Å². The lowest BCUT2D eigenvalue weighted by molar-refractivity contribution is 0.0593. The quantitative estimate of drug-likeness (QED) is 0.788. The number of phenols is 1. The molecule has 2 N–H and O–H groups in total. The van der Waals surface area contributed by atoms with Crippen molar-refractivity contribution in [2.24, 2.45) is 0 Å².